The SMILES string of the molecule is C[C@H]1[C@@H](O[Si](C)(C)C(C)(C)C)C[C@H](Cl)CN1C(=O)OCc1ccccc1. The number of amides is 1. The Morgan fingerprint density at radius 3 is 2.46 bits per heavy atom. The minimum atomic E-state index is -1.94. The fourth-order valence-electron chi connectivity index (χ4n) is 2.85. The topological polar surface area (TPSA) is 38.8 Å². The molecule has 0 saturated carbocycles. The summed E-state index contributed by atoms with van der Waals surface area (Å²) in [7, 11) is -1.94. The van der Waals surface area contributed by atoms with E-state index in [1.54, 1.807) is 4.90 Å². The van der Waals surface area contributed by atoms with Gasteiger partial charge in [-0.2, -0.15) is 0 Å². The van der Waals surface area contributed by atoms with Gasteiger partial charge in [-0.25, -0.2) is 4.79 Å². The van der Waals surface area contributed by atoms with Crippen molar-refractivity contribution >= 4 is 26.0 Å². The van der Waals surface area contributed by atoms with E-state index in [0.29, 0.717) is 6.54 Å². The van der Waals surface area contributed by atoms with E-state index < -0.39 is 8.32 Å². The molecular formula is C20H32ClNO3Si. The van der Waals surface area contributed by atoms with Crippen LogP contribution < -0.4 is 0 Å². The molecule has 1 aliphatic rings. The molecule has 1 aromatic rings. The molecule has 26 heavy (non-hydrogen) atoms. The first-order valence-corrected chi connectivity index (χ1v) is 12.6. The van der Waals surface area contributed by atoms with Crippen LogP contribution >= 0.6 is 11.6 Å². The molecule has 1 fully saturated rings. The van der Waals surface area contributed by atoms with Gasteiger partial charge in [-0.15, -0.1) is 11.6 Å². The van der Waals surface area contributed by atoms with E-state index in [0.717, 1.165) is 12.0 Å². The highest BCUT2D eigenvalue weighted by molar-refractivity contribution is 6.74. The molecule has 0 aromatic heterocycles. The fourth-order valence-corrected chi connectivity index (χ4v) is 4.58. The van der Waals surface area contributed by atoms with E-state index in [2.05, 4.69) is 33.9 Å². The summed E-state index contributed by atoms with van der Waals surface area (Å²) in [5.41, 5.74) is 0.974. The van der Waals surface area contributed by atoms with Gasteiger partial charge in [-0.3, -0.25) is 0 Å². The number of likely N-dealkylation sites (tertiary alicyclic amines) is 1. The molecule has 0 unspecified atom stereocenters. The minimum Gasteiger partial charge on any atom is -0.445 e. The van der Waals surface area contributed by atoms with Gasteiger partial charge in [0.15, 0.2) is 8.32 Å². The largest absolute Gasteiger partial charge is 0.445 e. The Bertz CT molecular complexity index is 603. The number of benzene rings is 1. The second-order valence-electron chi connectivity index (χ2n) is 8.68. The number of nitrogens with zero attached hydrogens (tertiary/aromatic N) is 1. The van der Waals surface area contributed by atoms with Crippen molar-refractivity contribution in [2.45, 2.75) is 76.4 Å². The quantitative estimate of drug-likeness (QED) is 0.503. The average molecular weight is 398 g/mol. The summed E-state index contributed by atoms with van der Waals surface area (Å²) in [5, 5.41) is -0.00445. The maximum Gasteiger partial charge on any atom is 0.410 e. The first kappa shape index (κ1) is 21.3. The third kappa shape index (κ3) is 5.24. The van der Waals surface area contributed by atoms with Gasteiger partial charge < -0.3 is 14.1 Å². The lowest BCUT2D eigenvalue weighted by atomic mass is 10.0. The van der Waals surface area contributed by atoms with Gasteiger partial charge in [-0.05, 0) is 37.0 Å². The molecule has 1 aliphatic heterocycles. The Morgan fingerprint density at radius 1 is 1.27 bits per heavy atom. The summed E-state index contributed by atoms with van der Waals surface area (Å²) in [6.45, 7) is 13.9. The highest BCUT2D eigenvalue weighted by Gasteiger charge is 2.44. The maximum atomic E-state index is 12.6. The van der Waals surface area contributed by atoms with Gasteiger partial charge in [-0.1, -0.05) is 51.1 Å². The van der Waals surface area contributed by atoms with Crippen LogP contribution in [0.5, 0.6) is 0 Å². The minimum absolute atomic E-state index is 0.0533. The van der Waals surface area contributed by atoms with Gasteiger partial charge in [0, 0.05) is 6.54 Å². The number of halogens is 1. The molecule has 3 atom stereocenters. The molecule has 0 N–H and O–H groups in total. The molecule has 0 bridgehead atoms. The molecule has 1 saturated heterocycles. The standard InChI is InChI=1S/C20H32ClNO3Si/c1-15-18(25-26(5,6)20(2,3)4)12-17(21)13-22(15)19(23)24-14-16-10-8-7-9-11-16/h7-11,15,17-18H,12-14H2,1-6H3/t15-,17-,18-/m0/s1. The molecule has 1 aromatic carbocycles. The predicted octanol–water partition coefficient (Wildman–Crippen LogP) is 5.42. The fraction of sp³-hybridized carbons (Fsp3) is 0.650. The van der Waals surface area contributed by atoms with Gasteiger partial charge in [0.2, 0.25) is 0 Å². The monoisotopic (exact) mass is 397 g/mol. The van der Waals surface area contributed by atoms with Crippen molar-refractivity contribution < 1.29 is 14.0 Å². The predicted molar refractivity (Wildman–Crippen MR) is 109 cm³/mol. The first-order chi connectivity index (χ1) is 12.0. The zero-order valence-corrected chi connectivity index (χ0v) is 18.5. The van der Waals surface area contributed by atoms with E-state index in [1.807, 2.05) is 37.3 Å². The summed E-state index contributed by atoms with van der Waals surface area (Å²) in [5.74, 6) is 0. The number of piperidine rings is 1. The number of ether oxygens (including phenoxy) is 1. The summed E-state index contributed by atoms with van der Waals surface area (Å²) >= 11 is 6.46. The Hall–Kier alpha value is -1.04. The van der Waals surface area contributed by atoms with Gasteiger partial charge in [0.05, 0.1) is 17.5 Å². The van der Waals surface area contributed by atoms with Gasteiger partial charge in [0.25, 0.3) is 0 Å². The lowest BCUT2D eigenvalue weighted by molar-refractivity contribution is 0.0173. The molecule has 1 amide bonds. The van der Waals surface area contributed by atoms with Crippen molar-refractivity contribution in [3.63, 3.8) is 0 Å². The van der Waals surface area contributed by atoms with Gasteiger partial charge in [0.1, 0.15) is 6.61 Å². The Kier molecular flexibility index (Phi) is 6.80. The highest BCUT2D eigenvalue weighted by Crippen LogP contribution is 2.39. The molecule has 4 nitrogen and oxygen atoms in total. The molecule has 146 valence electrons. The smallest absolute Gasteiger partial charge is 0.410 e. The highest BCUT2D eigenvalue weighted by atomic mass is 35.5. The normalized spacial score (nSPS) is 24.4. The number of hydrogen-bond acceptors (Lipinski definition) is 3. The maximum absolute atomic E-state index is 12.6. The average Bonchev–Trinajstić information content (AvgIpc) is 2.55. The number of carbonyl (C=O) groups is 1. The summed E-state index contributed by atoms with van der Waals surface area (Å²) in [6, 6.07) is 9.65. The summed E-state index contributed by atoms with van der Waals surface area (Å²) < 4.78 is 12.1. The van der Waals surface area contributed by atoms with Crippen molar-refractivity contribution in [2.75, 3.05) is 6.54 Å². The first-order valence-electron chi connectivity index (χ1n) is 9.30. The van der Waals surface area contributed by atoms with E-state index in [-0.39, 0.29) is 35.3 Å². The van der Waals surface area contributed by atoms with Crippen LogP contribution in [0.3, 0.4) is 0 Å². The van der Waals surface area contributed by atoms with Crippen LogP contribution in [0.1, 0.15) is 39.7 Å². The van der Waals surface area contributed by atoms with Crippen LogP contribution in [0, 0.1) is 0 Å². The molecular weight excluding hydrogens is 366 g/mol. The molecule has 2 rings (SSSR count). The van der Waals surface area contributed by atoms with Crippen LogP contribution in [-0.2, 0) is 15.8 Å². The Morgan fingerprint density at radius 2 is 1.88 bits per heavy atom. The van der Waals surface area contributed by atoms with Crippen molar-refractivity contribution in [1.82, 2.24) is 4.90 Å². The molecule has 0 spiro atoms. The summed E-state index contributed by atoms with van der Waals surface area (Å²) in [4.78, 5) is 14.4. The van der Waals surface area contributed by atoms with Gasteiger partial charge >= 0.3 is 6.09 Å². The zero-order chi connectivity index (χ0) is 19.5. The second kappa shape index (κ2) is 8.32. The van der Waals surface area contributed by atoms with Crippen molar-refractivity contribution in [1.29, 1.82) is 0 Å². The van der Waals surface area contributed by atoms with Crippen LogP contribution in [0.15, 0.2) is 30.3 Å². The molecule has 6 heteroatoms. The summed E-state index contributed by atoms with van der Waals surface area (Å²) in [6.07, 6.45) is 0.379. The number of rotatable bonds is 4. The van der Waals surface area contributed by atoms with E-state index >= 15 is 0 Å². The zero-order valence-electron chi connectivity index (χ0n) is 16.8. The Labute approximate surface area is 163 Å². The van der Waals surface area contributed by atoms with Crippen molar-refractivity contribution in [3.05, 3.63) is 35.9 Å². The third-order valence-corrected chi connectivity index (χ3v) is 10.4. The van der Waals surface area contributed by atoms with E-state index in [9.17, 15) is 4.79 Å². The van der Waals surface area contributed by atoms with E-state index in [4.69, 9.17) is 20.8 Å². The molecule has 0 radical (unpaired) electrons. The van der Waals surface area contributed by atoms with E-state index in [1.165, 1.54) is 0 Å². The number of hydrogen-bond donors (Lipinski definition) is 0. The number of alkyl halides is 1. The van der Waals surface area contributed by atoms with Crippen LogP contribution in [0.2, 0.25) is 18.1 Å². The molecule has 0 aliphatic carbocycles. The third-order valence-electron chi connectivity index (χ3n) is 5.60. The lowest BCUT2D eigenvalue weighted by Crippen LogP contribution is -2.57. The number of carbonyl (C=O) groups excluding carboxylic acids is 1. The lowest BCUT2D eigenvalue weighted by Gasteiger charge is -2.46. The van der Waals surface area contributed by atoms with Crippen LogP contribution in [-0.4, -0.2) is 43.4 Å². The Balaban J connectivity index is 2.03. The van der Waals surface area contributed by atoms with Crippen LogP contribution in [0.4, 0.5) is 4.79 Å². The second-order valence-corrected chi connectivity index (χ2v) is 14.1. The van der Waals surface area contributed by atoms with Crippen molar-refractivity contribution in [3.8, 4) is 0 Å². The van der Waals surface area contributed by atoms with Crippen molar-refractivity contribution in [2.24, 2.45) is 0 Å². The van der Waals surface area contributed by atoms with Crippen LogP contribution in [0.25, 0.3) is 0 Å². The molecule has 1 heterocycles.